The number of fused-ring (bicyclic) bond motifs is 1. The first-order chi connectivity index (χ1) is 9.80. The summed E-state index contributed by atoms with van der Waals surface area (Å²) in [6.45, 7) is -0.174. The highest BCUT2D eigenvalue weighted by Gasteiger charge is 2.15. The predicted octanol–water partition coefficient (Wildman–Crippen LogP) is 2.35. The van der Waals surface area contributed by atoms with Gasteiger partial charge in [0.2, 0.25) is 0 Å². The van der Waals surface area contributed by atoms with Crippen LogP contribution in [0, 0.1) is 11.3 Å². The van der Waals surface area contributed by atoms with Gasteiger partial charge in [-0.3, -0.25) is 0 Å². The maximum absolute atomic E-state index is 9.36. The molecule has 4 nitrogen and oxygen atoms in total. The van der Waals surface area contributed by atoms with Gasteiger partial charge in [-0.05, 0) is 48.3 Å². The standard InChI is InChI=1S/C15H11BNO3/c17-8-10-1-3-14(12(5-10)9-18)19-13-2-4-15-11(6-13)7-16-20-15/h1-6,18H,7,9H2. The fourth-order valence-corrected chi connectivity index (χ4v) is 2.11. The molecule has 0 aliphatic carbocycles. The lowest BCUT2D eigenvalue weighted by atomic mass is 9.93. The monoisotopic (exact) mass is 264 g/mol. The van der Waals surface area contributed by atoms with E-state index in [0.29, 0.717) is 22.6 Å². The smallest absolute Gasteiger partial charge is 0.374 e. The van der Waals surface area contributed by atoms with E-state index in [1.165, 1.54) is 0 Å². The van der Waals surface area contributed by atoms with Gasteiger partial charge in [0, 0.05) is 5.56 Å². The van der Waals surface area contributed by atoms with Crippen LogP contribution in [-0.4, -0.2) is 12.6 Å². The van der Waals surface area contributed by atoms with Crippen molar-refractivity contribution >= 4 is 7.48 Å². The third kappa shape index (κ3) is 2.34. The molecule has 20 heavy (non-hydrogen) atoms. The van der Waals surface area contributed by atoms with Gasteiger partial charge >= 0.3 is 7.48 Å². The van der Waals surface area contributed by atoms with E-state index in [1.54, 1.807) is 25.7 Å². The molecule has 0 saturated carbocycles. The molecule has 0 saturated heterocycles. The second-order valence-corrected chi connectivity index (χ2v) is 4.45. The highest BCUT2D eigenvalue weighted by Crippen LogP contribution is 2.32. The average molecular weight is 264 g/mol. The van der Waals surface area contributed by atoms with E-state index in [9.17, 15) is 5.11 Å². The van der Waals surface area contributed by atoms with Crippen molar-refractivity contribution in [2.45, 2.75) is 12.9 Å². The minimum atomic E-state index is -0.174. The van der Waals surface area contributed by atoms with Gasteiger partial charge in [-0.15, -0.1) is 0 Å². The molecule has 1 aliphatic rings. The van der Waals surface area contributed by atoms with Crippen LogP contribution < -0.4 is 9.39 Å². The number of aliphatic hydroxyl groups is 1. The van der Waals surface area contributed by atoms with Crippen LogP contribution in [-0.2, 0) is 12.9 Å². The van der Waals surface area contributed by atoms with Crippen molar-refractivity contribution in [1.82, 2.24) is 0 Å². The van der Waals surface area contributed by atoms with Crippen molar-refractivity contribution in [1.29, 1.82) is 5.26 Å². The lowest BCUT2D eigenvalue weighted by molar-refractivity contribution is 0.276. The van der Waals surface area contributed by atoms with Gasteiger partial charge in [-0.25, -0.2) is 0 Å². The van der Waals surface area contributed by atoms with E-state index in [-0.39, 0.29) is 6.61 Å². The Hall–Kier alpha value is -2.45. The largest absolute Gasteiger partial charge is 0.563 e. The van der Waals surface area contributed by atoms with Crippen LogP contribution in [0.15, 0.2) is 36.4 Å². The van der Waals surface area contributed by atoms with E-state index in [4.69, 9.17) is 14.7 Å². The zero-order chi connectivity index (χ0) is 13.9. The normalized spacial score (nSPS) is 12.0. The summed E-state index contributed by atoms with van der Waals surface area (Å²) in [6.07, 6.45) is 0.757. The summed E-state index contributed by atoms with van der Waals surface area (Å²) in [5.41, 5.74) is 2.16. The molecule has 1 aliphatic heterocycles. The van der Waals surface area contributed by atoms with Gasteiger partial charge in [0.25, 0.3) is 0 Å². The number of aliphatic hydroxyl groups excluding tert-OH is 1. The molecule has 5 heteroatoms. The molecule has 2 aromatic carbocycles. The van der Waals surface area contributed by atoms with Crippen LogP contribution in [0.5, 0.6) is 17.2 Å². The maximum Gasteiger partial charge on any atom is 0.374 e. The van der Waals surface area contributed by atoms with E-state index in [2.05, 4.69) is 0 Å². The Bertz CT molecular complexity index is 694. The molecule has 1 N–H and O–H groups in total. The highest BCUT2D eigenvalue weighted by molar-refractivity contribution is 6.29. The first-order valence-corrected chi connectivity index (χ1v) is 6.23. The Kier molecular flexibility index (Phi) is 3.32. The van der Waals surface area contributed by atoms with E-state index in [1.807, 2.05) is 24.3 Å². The summed E-state index contributed by atoms with van der Waals surface area (Å²) in [5, 5.41) is 18.2. The van der Waals surface area contributed by atoms with Crippen molar-refractivity contribution < 1.29 is 14.5 Å². The van der Waals surface area contributed by atoms with Crippen molar-refractivity contribution in [3.63, 3.8) is 0 Å². The third-order valence-corrected chi connectivity index (χ3v) is 3.13. The van der Waals surface area contributed by atoms with Gasteiger partial charge in [-0.1, -0.05) is 0 Å². The lowest BCUT2D eigenvalue weighted by Crippen LogP contribution is -1.93. The van der Waals surface area contributed by atoms with Crippen LogP contribution in [0.2, 0.25) is 0 Å². The highest BCUT2D eigenvalue weighted by atomic mass is 16.5. The minimum absolute atomic E-state index is 0.174. The summed E-state index contributed by atoms with van der Waals surface area (Å²) in [7, 11) is 1.75. The molecule has 0 bridgehead atoms. The maximum atomic E-state index is 9.36. The molecule has 0 spiro atoms. The van der Waals surface area contributed by atoms with Crippen LogP contribution in [0.3, 0.4) is 0 Å². The molecule has 0 unspecified atom stereocenters. The van der Waals surface area contributed by atoms with Gasteiger partial charge < -0.3 is 14.5 Å². The molecule has 0 aromatic heterocycles. The van der Waals surface area contributed by atoms with Gasteiger partial charge in [0.15, 0.2) is 0 Å². The summed E-state index contributed by atoms with van der Waals surface area (Å²) < 4.78 is 11.1. The summed E-state index contributed by atoms with van der Waals surface area (Å²) >= 11 is 0. The first-order valence-electron chi connectivity index (χ1n) is 6.23. The molecule has 3 rings (SSSR count). The van der Waals surface area contributed by atoms with Crippen molar-refractivity contribution in [3.8, 4) is 23.3 Å². The quantitative estimate of drug-likeness (QED) is 0.864. The Morgan fingerprint density at radius 3 is 3.00 bits per heavy atom. The van der Waals surface area contributed by atoms with E-state index < -0.39 is 0 Å². The second-order valence-electron chi connectivity index (χ2n) is 4.45. The van der Waals surface area contributed by atoms with E-state index in [0.717, 1.165) is 17.6 Å². The zero-order valence-corrected chi connectivity index (χ0v) is 10.7. The molecule has 2 aromatic rings. The van der Waals surface area contributed by atoms with Crippen LogP contribution in [0.1, 0.15) is 16.7 Å². The molecule has 1 radical (unpaired) electrons. The molecular weight excluding hydrogens is 253 g/mol. The first kappa shape index (κ1) is 12.6. The van der Waals surface area contributed by atoms with Gasteiger partial charge in [0.1, 0.15) is 17.2 Å². The summed E-state index contributed by atoms with van der Waals surface area (Å²) in [6, 6.07) is 12.6. The fourth-order valence-electron chi connectivity index (χ4n) is 2.11. The molecule has 0 atom stereocenters. The molecule has 97 valence electrons. The van der Waals surface area contributed by atoms with Crippen molar-refractivity contribution in [3.05, 3.63) is 53.1 Å². The Labute approximate surface area is 117 Å². The predicted molar refractivity (Wildman–Crippen MR) is 73.7 cm³/mol. The Morgan fingerprint density at radius 2 is 2.20 bits per heavy atom. The van der Waals surface area contributed by atoms with Crippen LogP contribution in [0.4, 0.5) is 0 Å². The zero-order valence-electron chi connectivity index (χ0n) is 10.7. The Balaban J connectivity index is 1.89. The van der Waals surface area contributed by atoms with Crippen molar-refractivity contribution in [2.75, 3.05) is 0 Å². The second kappa shape index (κ2) is 5.28. The topological polar surface area (TPSA) is 62.5 Å². The minimum Gasteiger partial charge on any atom is -0.563 e. The van der Waals surface area contributed by atoms with Gasteiger partial charge in [0.05, 0.1) is 18.2 Å². The summed E-state index contributed by atoms with van der Waals surface area (Å²) in [5.74, 6) is 2.08. The number of ether oxygens (including phenoxy) is 1. The van der Waals surface area contributed by atoms with Gasteiger partial charge in [-0.2, -0.15) is 5.26 Å². The Morgan fingerprint density at radius 1 is 1.30 bits per heavy atom. The summed E-state index contributed by atoms with van der Waals surface area (Å²) in [4.78, 5) is 0. The molecule has 1 heterocycles. The van der Waals surface area contributed by atoms with Crippen LogP contribution in [0.25, 0.3) is 0 Å². The molecule has 0 fully saturated rings. The number of nitrogens with zero attached hydrogens (tertiary/aromatic N) is 1. The fraction of sp³-hybridized carbons (Fsp3) is 0.133. The molecular formula is C15H11BNO3. The van der Waals surface area contributed by atoms with Crippen LogP contribution >= 0.6 is 0 Å². The lowest BCUT2D eigenvalue weighted by Gasteiger charge is -2.11. The number of hydrogen-bond donors (Lipinski definition) is 1. The number of hydrogen-bond acceptors (Lipinski definition) is 4. The van der Waals surface area contributed by atoms with E-state index >= 15 is 0 Å². The number of nitriles is 1. The van der Waals surface area contributed by atoms with Crippen molar-refractivity contribution in [2.24, 2.45) is 0 Å². The molecule has 0 amide bonds. The third-order valence-electron chi connectivity index (χ3n) is 3.13. The average Bonchev–Trinajstić information content (AvgIpc) is 2.95. The number of benzene rings is 2. The SMILES string of the molecule is N#Cc1ccc(Oc2ccc3c(c2)C[B]O3)c(CO)c1. The number of rotatable bonds is 3.